The third kappa shape index (κ3) is 3.24. The summed E-state index contributed by atoms with van der Waals surface area (Å²) >= 11 is 0. The predicted molar refractivity (Wildman–Crippen MR) is 99.0 cm³/mol. The molecular weight excluding hydrogens is 336 g/mol. The van der Waals surface area contributed by atoms with Crippen LogP contribution in [0.25, 0.3) is 0 Å². The van der Waals surface area contributed by atoms with Crippen LogP contribution in [0.1, 0.15) is 57.2 Å². The van der Waals surface area contributed by atoms with Crippen LogP contribution in [0.2, 0.25) is 0 Å². The summed E-state index contributed by atoms with van der Waals surface area (Å²) in [5, 5.41) is 7.86. The highest BCUT2D eigenvalue weighted by Gasteiger charge is 2.54. The molecular formula is C19H31ClN4O. The van der Waals surface area contributed by atoms with Crippen molar-refractivity contribution in [1.29, 1.82) is 0 Å². The fourth-order valence-corrected chi connectivity index (χ4v) is 5.53. The van der Waals surface area contributed by atoms with Crippen molar-refractivity contribution in [3.05, 3.63) is 11.7 Å². The van der Waals surface area contributed by atoms with Crippen molar-refractivity contribution in [3.8, 4) is 0 Å². The van der Waals surface area contributed by atoms with Crippen LogP contribution in [0.15, 0.2) is 4.52 Å². The van der Waals surface area contributed by atoms with Gasteiger partial charge in [-0.2, -0.15) is 4.98 Å². The van der Waals surface area contributed by atoms with Crippen LogP contribution < -0.4 is 5.32 Å². The molecule has 4 aliphatic rings. The highest BCUT2D eigenvalue weighted by molar-refractivity contribution is 5.85. The smallest absolute Gasteiger partial charge is 0.234 e. The lowest BCUT2D eigenvalue weighted by molar-refractivity contribution is 0.187. The molecule has 0 radical (unpaired) electrons. The van der Waals surface area contributed by atoms with Crippen LogP contribution in [0, 0.1) is 17.3 Å². The molecule has 2 aliphatic carbocycles. The van der Waals surface area contributed by atoms with E-state index in [1.807, 2.05) is 0 Å². The van der Waals surface area contributed by atoms with Crippen LogP contribution in [-0.4, -0.2) is 47.8 Å². The average molecular weight is 367 g/mol. The first-order chi connectivity index (χ1) is 11.7. The van der Waals surface area contributed by atoms with E-state index in [0.717, 1.165) is 37.1 Å². The Morgan fingerprint density at radius 2 is 2.16 bits per heavy atom. The first kappa shape index (κ1) is 17.7. The molecule has 1 aromatic rings. The highest BCUT2D eigenvalue weighted by atomic mass is 35.5. The third-order valence-corrected chi connectivity index (χ3v) is 7.07. The Morgan fingerprint density at radius 1 is 1.28 bits per heavy atom. The maximum Gasteiger partial charge on any atom is 0.234 e. The summed E-state index contributed by atoms with van der Waals surface area (Å²) < 4.78 is 5.83. The van der Waals surface area contributed by atoms with Gasteiger partial charge in [-0.25, -0.2) is 0 Å². The Hall–Kier alpha value is -0.650. The number of fused-ring (bicyclic) bond motifs is 1. The standard InChI is InChI=1S/C19H30N4O.ClH/c1-18(7-8-20-11-18)12-23-10-15-3-2-6-19(15,13-23)17-21-16(22-24-17)9-14-4-5-14;/h14-15,20H,2-13H2,1H3;1H/t15-,18?,19-;/m1./s1. The number of likely N-dealkylation sites (tertiary alicyclic amines) is 1. The van der Waals surface area contributed by atoms with Crippen LogP contribution in [0.5, 0.6) is 0 Å². The summed E-state index contributed by atoms with van der Waals surface area (Å²) in [4.78, 5) is 7.57. The Balaban J connectivity index is 0.00000157. The first-order valence-electron chi connectivity index (χ1n) is 9.91. The molecule has 0 bridgehead atoms. The maximum atomic E-state index is 5.83. The summed E-state index contributed by atoms with van der Waals surface area (Å²) in [5.41, 5.74) is 0.586. The third-order valence-electron chi connectivity index (χ3n) is 7.07. The Morgan fingerprint density at radius 3 is 2.92 bits per heavy atom. The Kier molecular flexibility index (Phi) is 4.62. The van der Waals surface area contributed by atoms with Gasteiger partial charge in [-0.05, 0) is 55.9 Å². The first-order valence-corrected chi connectivity index (χ1v) is 9.91. The van der Waals surface area contributed by atoms with Crippen LogP contribution in [0.3, 0.4) is 0 Å². The highest BCUT2D eigenvalue weighted by Crippen LogP contribution is 2.50. The van der Waals surface area contributed by atoms with E-state index in [9.17, 15) is 0 Å². The van der Waals surface area contributed by atoms with Gasteiger partial charge in [0, 0.05) is 32.6 Å². The molecule has 25 heavy (non-hydrogen) atoms. The number of hydrogen-bond acceptors (Lipinski definition) is 5. The fraction of sp³-hybridized carbons (Fsp3) is 0.895. The van der Waals surface area contributed by atoms with E-state index >= 15 is 0 Å². The van der Waals surface area contributed by atoms with Gasteiger partial charge >= 0.3 is 0 Å². The van der Waals surface area contributed by atoms with Crippen molar-refractivity contribution in [1.82, 2.24) is 20.4 Å². The fourth-order valence-electron chi connectivity index (χ4n) is 5.53. The predicted octanol–water partition coefficient (Wildman–Crippen LogP) is 2.80. The minimum atomic E-state index is 0. The zero-order chi connectivity index (χ0) is 16.2. The second-order valence-corrected chi connectivity index (χ2v) is 9.32. The van der Waals surface area contributed by atoms with Crippen LogP contribution in [0.4, 0.5) is 0 Å². The quantitative estimate of drug-likeness (QED) is 0.868. The van der Waals surface area contributed by atoms with Crippen LogP contribution >= 0.6 is 12.4 Å². The lowest BCUT2D eigenvalue weighted by atomic mass is 9.80. The van der Waals surface area contributed by atoms with Crippen molar-refractivity contribution < 1.29 is 4.52 Å². The molecule has 140 valence electrons. The largest absolute Gasteiger partial charge is 0.339 e. The van der Waals surface area contributed by atoms with E-state index < -0.39 is 0 Å². The Bertz CT molecular complexity index is 610. The van der Waals surface area contributed by atoms with Gasteiger partial charge in [0.25, 0.3) is 0 Å². The van der Waals surface area contributed by atoms with E-state index in [0.29, 0.717) is 11.3 Å². The number of nitrogens with one attached hydrogen (secondary N) is 1. The molecule has 2 saturated carbocycles. The lowest BCUT2D eigenvalue weighted by Crippen LogP contribution is -2.38. The van der Waals surface area contributed by atoms with E-state index in [1.54, 1.807) is 0 Å². The minimum absolute atomic E-state index is 0. The number of nitrogens with zero attached hydrogens (tertiary/aromatic N) is 3. The van der Waals surface area contributed by atoms with Crippen molar-refractivity contribution in [3.63, 3.8) is 0 Å². The van der Waals surface area contributed by atoms with E-state index in [2.05, 4.69) is 22.3 Å². The van der Waals surface area contributed by atoms with Gasteiger partial charge in [-0.1, -0.05) is 18.5 Å². The molecule has 6 heteroatoms. The van der Waals surface area contributed by atoms with Gasteiger partial charge in [-0.3, -0.25) is 0 Å². The van der Waals surface area contributed by atoms with Gasteiger partial charge < -0.3 is 14.7 Å². The number of halogens is 1. The van der Waals surface area contributed by atoms with Crippen molar-refractivity contribution in [2.45, 2.75) is 57.3 Å². The molecule has 1 unspecified atom stereocenters. The molecule has 1 N–H and O–H groups in total. The van der Waals surface area contributed by atoms with Gasteiger partial charge in [-0.15, -0.1) is 12.4 Å². The number of aromatic nitrogens is 2. The molecule has 2 aliphatic heterocycles. The van der Waals surface area contributed by atoms with Gasteiger partial charge in [0.1, 0.15) is 0 Å². The van der Waals surface area contributed by atoms with Gasteiger partial charge in [0.2, 0.25) is 5.89 Å². The zero-order valence-electron chi connectivity index (χ0n) is 15.3. The minimum Gasteiger partial charge on any atom is -0.339 e. The number of hydrogen-bond donors (Lipinski definition) is 1. The SMILES string of the molecule is CC1(CN2C[C@H]3CCC[C@@]3(c3nc(CC4CC4)no3)C2)CCNC1.Cl. The summed E-state index contributed by atoms with van der Waals surface area (Å²) in [5.74, 6) is 3.45. The molecule has 0 amide bonds. The average Bonchev–Trinajstić information content (AvgIpc) is 2.93. The normalized spacial score (nSPS) is 38.0. The second kappa shape index (κ2) is 6.50. The molecule has 2 saturated heterocycles. The van der Waals surface area contributed by atoms with Crippen LogP contribution in [-0.2, 0) is 11.8 Å². The molecule has 0 aromatic carbocycles. The van der Waals surface area contributed by atoms with Crippen molar-refractivity contribution in [2.24, 2.45) is 17.3 Å². The second-order valence-electron chi connectivity index (χ2n) is 9.32. The molecule has 0 spiro atoms. The topological polar surface area (TPSA) is 54.2 Å². The molecule has 3 heterocycles. The van der Waals surface area contributed by atoms with Crippen molar-refractivity contribution >= 4 is 12.4 Å². The summed E-state index contributed by atoms with van der Waals surface area (Å²) in [6.07, 6.45) is 8.89. The van der Waals surface area contributed by atoms with E-state index in [4.69, 9.17) is 9.51 Å². The van der Waals surface area contributed by atoms with Crippen molar-refractivity contribution in [2.75, 3.05) is 32.7 Å². The number of rotatable bonds is 5. The van der Waals surface area contributed by atoms with E-state index in [1.165, 1.54) is 58.2 Å². The molecule has 4 fully saturated rings. The maximum absolute atomic E-state index is 5.83. The molecule has 3 atom stereocenters. The summed E-state index contributed by atoms with van der Waals surface area (Å²) in [6.45, 7) is 8.32. The molecule has 5 nitrogen and oxygen atoms in total. The van der Waals surface area contributed by atoms with Gasteiger partial charge in [0.15, 0.2) is 5.82 Å². The molecule has 1 aromatic heterocycles. The zero-order valence-corrected chi connectivity index (χ0v) is 16.1. The lowest BCUT2D eigenvalue weighted by Gasteiger charge is -2.30. The monoisotopic (exact) mass is 366 g/mol. The summed E-state index contributed by atoms with van der Waals surface area (Å²) in [6, 6.07) is 0. The summed E-state index contributed by atoms with van der Waals surface area (Å²) in [7, 11) is 0. The Labute approximate surface area is 156 Å². The molecule has 5 rings (SSSR count). The van der Waals surface area contributed by atoms with E-state index in [-0.39, 0.29) is 17.8 Å². The van der Waals surface area contributed by atoms with Gasteiger partial charge in [0.05, 0.1) is 5.41 Å².